The van der Waals surface area contributed by atoms with Crippen molar-refractivity contribution in [1.29, 1.82) is 0 Å². The summed E-state index contributed by atoms with van der Waals surface area (Å²) in [5.41, 5.74) is 14.6. The average molecular weight is 185 g/mol. The van der Waals surface area contributed by atoms with Crippen LogP contribution < -0.4 is 11.5 Å². The Labute approximate surface area is 82.4 Å². The molecular formula is C11H11N3. The molecule has 1 heterocycles. The van der Waals surface area contributed by atoms with Gasteiger partial charge in [0.05, 0.1) is 11.4 Å². The lowest BCUT2D eigenvalue weighted by Gasteiger charge is -2.06. The highest BCUT2D eigenvalue weighted by atomic mass is 14.7. The van der Waals surface area contributed by atoms with Gasteiger partial charge in [-0.1, -0.05) is 18.2 Å². The predicted octanol–water partition coefficient (Wildman–Crippen LogP) is 1.91. The van der Waals surface area contributed by atoms with Gasteiger partial charge in [0.25, 0.3) is 0 Å². The smallest absolute Gasteiger partial charge is 0.0951 e. The highest BCUT2D eigenvalue weighted by Gasteiger charge is 2.05. The lowest BCUT2D eigenvalue weighted by Crippen LogP contribution is -1.95. The molecule has 0 unspecified atom stereocenters. The van der Waals surface area contributed by atoms with Crippen LogP contribution in [0.4, 0.5) is 11.4 Å². The number of pyridine rings is 1. The third-order valence-electron chi connectivity index (χ3n) is 2.05. The van der Waals surface area contributed by atoms with Gasteiger partial charge in [-0.15, -0.1) is 0 Å². The van der Waals surface area contributed by atoms with Crippen LogP contribution in [-0.2, 0) is 0 Å². The minimum absolute atomic E-state index is 0.644. The fourth-order valence-electron chi connectivity index (χ4n) is 1.36. The molecule has 4 N–H and O–H groups in total. The number of rotatable bonds is 1. The molecule has 1 aromatic carbocycles. The van der Waals surface area contributed by atoms with Crippen LogP contribution in [0.15, 0.2) is 42.6 Å². The fraction of sp³-hybridized carbons (Fsp3) is 0. The Morgan fingerprint density at radius 3 is 2.29 bits per heavy atom. The minimum atomic E-state index is 0.644. The first-order valence-electron chi connectivity index (χ1n) is 4.34. The summed E-state index contributed by atoms with van der Waals surface area (Å²) in [6, 6.07) is 11.2. The second kappa shape index (κ2) is 3.38. The van der Waals surface area contributed by atoms with Crippen molar-refractivity contribution in [2.45, 2.75) is 0 Å². The van der Waals surface area contributed by atoms with Crippen LogP contribution in [0.25, 0.3) is 11.3 Å². The van der Waals surface area contributed by atoms with Gasteiger partial charge < -0.3 is 11.5 Å². The third-order valence-corrected chi connectivity index (χ3v) is 2.05. The first-order valence-corrected chi connectivity index (χ1v) is 4.34. The van der Waals surface area contributed by atoms with Gasteiger partial charge in [-0.2, -0.15) is 0 Å². The number of benzene rings is 1. The molecule has 0 amide bonds. The van der Waals surface area contributed by atoms with E-state index in [1.807, 2.05) is 30.3 Å². The number of nitrogens with two attached hydrogens (primary N) is 2. The summed E-state index contributed by atoms with van der Waals surface area (Å²) < 4.78 is 0. The molecule has 0 radical (unpaired) electrons. The van der Waals surface area contributed by atoms with Gasteiger partial charge in [-0.3, -0.25) is 4.98 Å². The van der Waals surface area contributed by atoms with Crippen molar-refractivity contribution >= 4 is 11.4 Å². The van der Waals surface area contributed by atoms with Crippen molar-refractivity contribution in [2.75, 3.05) is 11.5 Å². The van der Waals surface area contributed by atoms with Gasteiger partial charge >= 0.3 is 0 Å². The highest BCUT2D eigenvalue weighted by Crippen LogP contribution is 2.27. The Balaban J connectivity index is 2.61. The highest BCUT2D eigenvalue weighted by molar-refractivity contribution is 5.80. The number of nitrogen functional groups attached to an aromatic ring is 2. The number of aromatic nitrogens is 1. The van der Waals surface area contributed by atoms with E-state index >= 15 is 0 Å². The molecule has 0 saturated heterocycles. The summed E-state index contributed by atoms with van der Waals surface area (Å²) in [5, 5.41) is 0. The molecule has 14 heavy (non-hydrogen) atoms. The Hall–Kier alpha value is -2.03. The molecule has 0 bridgehead atoms. The standard InChI is InChI=1S/C11H11N3/c12-9-5-2-1-4-8(9)11-10(13)6-3-7-14-11/h1-7H,12-13H2. The molecule has 0 saturated carbocycles. The van der Waals surface area contributed by atoms with E-state index < -0.39 is 0 Å². The zero-order chi connectivity index (χ0) is 9.97. The maximum Gasteiger partial charge on any atom is 0.0951 e. The second-order valence-electron chi connectivity index (χ2n) is 3.03. The Bertz CT molecular complexity index is 408. The fourth-order valence-corrected chi connectivity index (χ4v) is 1.36. The number of hydrogen-bond donors (Lipinski definition) is 2. The topological polar surface area (TPSA) is 64.9 Å². The molecule has 70 valence electrons. The quantitative estimate of drug-likeness (QED) is 0.667. The van der Waals surface area contributed by atoms with E-state index in [1.165, 1.54) is 0 Å². The molecular weight excluding hydrogens is 174 g/mol. The van der Waals surface area contributed by atoms with Gasteiger partial charge in [0.2, 0.25) is 0 Å². The Morgan fingerprint density at radius 2 is 1.57 bits per heavy atom. The zero-order valence-electron chi connectivity index (χ0n) is 7.64. The molecule has 2 aromatic rings. The van der Waals surface area contributed by atoms with Crippen molar-refractivity contribution in [2.24, 2.45) is 0 Å². The van der Waals surface area contributed by atoms with Gasteiger partial charge in [-0.25, -0.2) is 0 Å². The van der Waals surface area contributed by atoms with Crippen molar-refractivity contribution in [3.05, 3.63) is 42.6 Å². The normalized spacial score (nSPS) is 10.0. The monoisotopic (exact) mass is 185 g/mol. The molecule has 3 nitrogen and oxygen atoms in total. The van der Waals surface area contributed by atoms with Crippen molar-refractivity contribution in [1.82, 2.24) is 4.98 Å². The summed E-state index contributed by atoms with van der Waals surface area (Å²) in [4.78, 5) is 4.20. The molecule has 1 aromatic heterocycles. The van der Waals surface area contributed by atoms with Crippen LogP contribution in [0, 0.1) is 0 Å². The van der Waals surface area contributed by atoms with Gasteiger partial charge in [0.15, 0.2) is 0 Å². The zero-order valence-corrected chi connectivity index (χ0v) is 7.64. The molecule has 0 atom stereocenters. The van der Waals surface area contributed by atoms with Crippen LogP contribution in [0.2, 0.25) is 0 Å². The van der Waals surface area contributed by atoms with Gasteiger partial charge in [-0.05, 0) is 18.2 Å². The number of hydrogen-bond acceptors (Lipinski definition) is 3. The SMILES string of the molecule is Nc1ccccc1-c1ncccc1N. The maximum absolute atomic E-state index is 5.83. The second-order valence-corrected chi connectivity index (χ2v) is 3.03. The van der Waals surface area contributed by atoms with E-state index in [2.05, 4.69) is 4.98 Å². The molecule has 0 spiro atoms. The first kappa shape index (κ1) is 8.56. The summed E-state index contributed by atoms with van der Waals surface area (Å²) in [7, 11) is 0. The van der Waals surface area contributed by atoms with Crippen LogP contribution in [0.3, 0.4) is 0 Å². The summed E-state index contributed by atoms with van der Waals surface area (Å²) in [6.45, 7) is 0. The van der Waals surface area contributed by atoms with E-state index in [0.29, 0.717) is 11.4 Å². The third kappa shape index (κ3) is 1.40. The lowest BCUT2D eigenvalue weighted by molar-refractivity contribution is 1.33. The number of anilines is 2. The largest absolute Gasteiger partial charge is 0.398 e. The molecule has 0 aliphatic carbocycles. The van der Waals surface area contributed by atoms with E-state index in [1.54, 1.807) is 12.3 Å². The summed E-state index contributed by atoms with van der Waals surface area (Å²) in [5.74, 6) is 0. The molecule has 0 aliphatic heterocycles. The average Bonchev–Trinajstić information content (AvgIpc) is 2.20. The number of para-hydroxylation sites is 1. The van der Waals surface area contributed by atoms with E-state index in [9.17, 15) is 0 Å². The molecule has 2 rings (SSSR count). The van der Waals surface area contributed by atoms with Gasteiger partial charge in [0, 0.05) is 17.4 Å². The molecule has 3 heteroatoms. The lowest BCUT2D eigenvalue weighted by atomic mass is 10.1. The maximum atomic E-state index is 5.83. The van der Waals surface area contributed by atoms with E-state index in [-0.39, 0.29) is 0 Å². The Morgan fingerprint density at radius 1 is 0.857 bits per heavy atom. The summed E-state index contributed by atoms with van der Waals surface area (Å²) in [6.07, 6.45) is 1.71. The van der Waals surface area contributed by atoms with E-state index in [4.69, 9.17) is 11.5 Å². The van der Waals surface area contributed by atoms with Crippen molar-refractivity contribution < 1.29 is 0 Å². The van der Waals surface area contributed by atoms with Gasteiger partial charge in [0.1, 0.15) is 0 Å². The molecule has 0 fully saturated rings. The van der Waals surface area contributed by atoms with E-state index in [0.717, 1.165) is 11.3 Å². The summed E-state index contributed by atoms with van der Waals surface area (Å²) >= 11 is 0. The van der Waals surface area contributed by atoms with Crippen LogP contribution in [-0.4, -0.2) is 4.98 Å². The van der Waals surface area contributed by atoms with Crippen LogP contribution in [0.5, 0.6) is 0 Å². The Kier molecular flexibility index (Phi) is 2.07. The minimum Gasteiger partial charge on any atom is -0.398 e. The number of nitrogens with zero attached hydrogens (tertiary/aromatic N) is 1. The van der Waals surface area contributed by atoms with Crippen LogP contribution >= 0.6 is 0 Å². The molecule has 0 aliphatic rings. The van der Waals surface area contributed by atoms with Crippen LogP contribution in [0.1, 0.15) is 0 Å². The predicted molar refractivity (Wildman–Crippen MR) is 58.5 cm³/mol. The van der Waals surface area contributed by atoms with Crippen molar-refractivity contribution in [3.8, 4) is 11.3 Å². The first-order chi connectivity index (χ1) is 6.79. The van der Waals surface area contributed by atoms with Crippen molar-refractivity contribution in [3.63, 3.8) is 0 Å².